The summed E-state index contributed by atoms with van der Waals surface area (Å²) in [6.45, 7) is 0. The Morgan fingerprint density at radius 1 is 0.462 bits per heavy atom. The van der Waals surface area contributed by atoms with E-state index >= 15 is 0 Å². The molecule has 0 aliphatic carbocycles. The van der Waals surface area contributed by atoms with E-state index in [0.29, 0.717) is 0 Å². The number of phenols is 6. The lowest BCUT2D eigenvalue weighted by Crippen LogP contribution is -2.00. The first-order valence-corrected chi connectivity index (χ1v) is 11.1. The molecule has 0 spiro atoms. The highest BCUT2D eigenvalue weighted by atomic mass is 16.4. The van der Waals surface area contributed by atoms with E-state index in [-0.39, 0.29) is 38.5 Å². The van der Waals surface area contributed by atoms with Crippen molar-refractivity contribution >= 4 is 32.9 Å². The molecule has 0 radical (unpaired) electrons. The van der Waals surface area contributed by atoms with E-state index in [0.717, 1.165) is 30.3 Å². The highest BCUT2D eigenvalue weighted by Crippen LogP contribution is 2.56. The van der Waals surface area contributed by atoms with Crippen LogP contribution in [0.4, 0.5) is 0 Å². The van der Waals surface area contributed by atoms with Crippen molar-refractivity contribution < 1.29 is 43.9 Å². The summed E-state index contributed by atoms with van der Waals surface area (Å²) < 4.78 is 15.7. The zero-order valence-corrected chi connectivity index (χ0v) is 19.3. The Kier molecular flexibility index (Phi) is 4.85. The molecule has 6 aromatic rings. The first-order chi connectivity index (χ1) is 18.6. The Morgan fingerprint density at radius 2 is 0.949 bits per heavy atom. The molecular weight excluding hydrogens is 516 g/mol. The van der Waals surface area contributed by atoms with Crippen LogP contribution in [0, 0.1) is 0 Å². The van der Waals surface area contributed by atoms with Gasteiger partial charge in [0, 0.05) is 51.6 Å². The molecule has 6 N–H and O–H groups in total. The second-order valence-corrected chi connectivity index (χ2v) is 8.52. The van der Waals surface area contributed by atoms with E-state index in [1.807, 2.05) is 0 Å². The Labute approximate surface area is 213 Å². The number of benzene rings is 3. The van der Waals surface area contributed by atoms with Crippen LogP contribution < -0.4 is 16.9 Å². The molecule has 0 bridgehead atoms. The van der Waals surface area contributed by atoms with Crippen LogP contribution in [-0.2, 0) is 0 Å². The van der Waals surface area contributed by atoms with E-state index in [1.54, 1.807) is 0 Å². The van der Waals surface area contributed by atoms with Gasteiger partial charge in [-0.3, -0.25) is 0 Å². The molecule has 3 aromatic heterocycles. The molecular formula is C27H14O12. The first kappa shape index (κ1) is 23.5. The molecule has 12 nitrogen and oxygen atoms in total. The Hall–Kier alpha value is -5.91. The second kappa shape index (κ2) is 8.05. The number of hydrogen-bond donors (Lipinski definition) is 6. The van der Waals surface area contributed by atoms with E-state index in [2.05, 4.69) is 0 Å². The quantitative estimate of drug-likeness (QED) is 0.140. The lowest BCUT2D eigenvalue weighted by molar-refractivity contribution is 0.398. The number of hydrogen-bond acceptors (Lipinski definition) is 12. The van der Waals surface area contributed by atoms with Crippen LogP contribution >= 0.6 is 0 Å². The fourth-order valence-electron chi connectivity index (χ4n) is 4.62. The Balaban J connectivity index is 1.86. The average molecular weight is 530 g/mol. The number of rotatable bonds is 2. The molecule has 12 heteroatoms. The third-order valence-corrected chi connectivity index (χ3v) is 6.27. The van der Waals surface area contributed by atoms with Gasteiger partial charge in [-0.15, -0.1) is 0 Å². The summed E-state index contributed by atoms with van der Waals surface area (Å²) in [5, 5.41) is 64.8. The Morgan fingerprint density at radius 3 is 1.67 bits per heavy atom. The van der Waals surface area contributed by atoms with Crippen molar-refractivity contribution in [1.29, 1.82) is 0 Å². The molecule has 0 saturated heterocycles. The van der Waals surface area contributed by atoms with Crippen molar-refractivity contribution in [3.63, 3.8) is 0 Å². The third-order valence-electron chi connectivity index (χ3n) is 6.27. The van der Waals surface area contributed by atoms with E-state index < -0.39 is 68.1 Å². The van der Waals surface area contributed by atoms with Crippen molar-refractivity contribution in [1.82, 2.24) is 0 Å². The standard InChI is InChI=1S/C27H14O12/c28-12-7-9-1-4-16(31)38-26(9)20(23(12)34)21-25(36)24(35)19(11-3-6-17(32)39-27(11)21)18-10-2-5-15(30)37-14(10)8-13(29)22(18)33/h1-8,28-29,33-36H. The molecule has 0 amide bonds. The highest BCUT2D eigenvalue weighted by Gasteiger charge is 2.31. The van der Waals surface area contributed by atoms with Gasteiger partial charge in [0.05, 0.1) is 11.1 Å². The van der Waals surface area contributed by atoms with E-state index in [4.69, 9.17) is 13.3 Å². The first-order valence-electron chi connectivity index (χ1n) is 11.1. The molecule has 0 unspecified atom stereocenters. The minimum absolute atomic E-state index is 0.0245. The van der Waals surface area contributed by atoms with Crippen LogP contribution in [0.15, 0.2) is 76.2 Å². The number of phenolic OH excluding ortho intramolecular Hbond substituents is 6. The van der Waals surface area contributed by atoms with Gasteiger partial charge in [-0.2, -0.15) is 0 Å². The molecule has 0 saturated carbocycles. The van der Waals surface area contributed by atoms with Crippen LogP contribution in [0.3, 0.4) is 0 Å². The summed E-state index contributed by atoms with van der Waals surface area (Å²) in [6, 6.07) is 8.80. The van der Waals surface area contributed by atoms with Gasteiger partial charge < -0.3 is 43.9 Å². The predicted molar refractivity (Wildman–Crippen MR) is 135 cm³/mol. The monoisotopic (exact) mass is 530 g/mol. The molecule has 0 atom stereocenters. The van der Waals surface area contributed by atoms with Crippen molar-refractivity contribution in [3.05, 3.63) is 79.8 Å². The van der Waals surface area contributed by atoms with Gasteiger partial charge in [0.1, 0.15) is 5.58 Å². The molecule has 0 aliphatic heterocycles. The fourth-order valence-corrected chi connectivity index (χ4v) is 4.62. The molecule has 194 valence electrons. The summed E-state index contributed by atoms with van der Waals surface area (Å²) in [4.78, 5) is 36.1. The van der Waals surface area contributed by atoms with Crippen molar-refractivity contribution in [2.24, 2.45) is 0 Å². The van der Waals surface area contributed by atoms with Gasteiger partial charge in [-0.25, -0.2) is 14.4 Å². The van der Waals surface area contributed by atoms with Gasteiger partial charge in [0.15, 0.2) is 45.7 Å². The maximum Gasteiger partial charge on any atom is 0.336 e. The van der Waals surface area contributed by atoms with Crippen LogP contribution in [0.1, 0.15) is 0 Å². The molecule has 3 heterocycles. The molecule has 6 rings (SSSR count). The maximum absolute atomic E-state index is 12.3. The molecule has 0 fully saturated rings. The van der Waals surface area contributed by atoms with Gasteiger partial charge in [-0.05, 0) is 24.3 Å². The summed E-state index contributed by atoms with van der Waals surface area (Å²) >= 11 is 0. The topological polar surface area (TPSA) is 212 Å². The van der Waals surface area contributed by atoms with Crippen LogP contribution in [0.2, 0.25) is 0 Å². The van der Waals surface area contributed by atoms with Gasteiger partial charge in [0.25, 0.3) is 0 Å². The molecule has 39 heavy (non-hydrogen) atoms. The number of aromatic hydroxyl groups is 6. The Bertz CT molecular complexity index is 2200. The minimum atomic E-state index is -1.02. The van der Waals surface area contributed by atoms with Crippen molar-refractivity contribution in [2.45, 2.75) is 0 Å². The van der Waals surface area contributed by atoms with Gasteiger partial charge >= 0.3 is 16.9 Å². The lowest BCUT2D eigenvalue weighted by Gasteiger charge is -2.18. The van der Waals surface area contributed by atoms with E-state index in [9.17, 15) is 45.0 Å². The lowest BCUT2D eigenvalue weighted by atomic mass is 9.90. The summed E-state index contributed by atoms with van der Waals surface area (Å²) in [5.41, 5.74) is -5.20. The smallest absolute Gasteiger partial charge is 0.336 e. The normalized spacial score (nSPS) is 11.5. The second-order valence-electron chi connectivity index (χ2n) is 8.52. The minimum Gasteiger partial charge on any atom is -0.504 e. The van der Waals surface area contributed by atoms with Crippen molar-refractivity contribution in [3.8, 4) is 56.8 Å². The SMILES string of the molecule is O=c1ccc2c(-c3c(O)c(O)c(-c4c(O)c(O)cc5ccc(=O)oc45)c4oc(=O)ccc34)c(O)c(O)cc2o1. The summed E-state index contributed by atoms with van der Waals surface area (Å²) in [7, 11) is 0. The summed E-state index contributed by atoms with van der Waals surface area (Å²) in [6.07, 6.45) is 0. The van der Waals surface area contributed by atoms with E-state index in [1.165, 1.54) is 18.2 Å². The maximum atomic E-state index is 12.3. The zero-order valence-electron chi connectivity index (χ0n) is 19.3. The van der Waals surface area contributed by atoms with Crippen LogP contribution in [0.25, 0.3) is 55.2 Å². The fraction of sp³-hybridized carbons (Fsp3) is 0. The number of fused-ring (bicyclic) bond motifs is 3. The highest BCUT2D eigenvalue weighted by molar-refractivity contribution is 6.16. The third kappa shape index (κ3) is 3.35. The summed E-state index contributed by atoms with van der Waals surface area (Å²) in [5.74, 6) is -5.03. The predicted octanol–water partition coefficient (Wildman–Crippen LogP) is 3.57. The zero-order chi connectivity index (χ0) is 27.7. The largest absolute Gasteiger partial charge is 0.504 e. The van der Waals surface area contributed by atoms with Crippen molar-refractivity contribution in [2.75, 3.05) is 0 Å². The van der Waals surface area contributed by atoms with Gasteiger partial charge in [0.2, 0.25) is 0 Å². The van der Waals surface area contributed by atoms with Crippen LogP contribution in [-0.4, -0.2) is 30.6 Å². The van der Waals surface area contributed by atoms with Crippen LogP contribution in [0.5, 0.6) is 34.5 Å². The molecule has 0 aliphatic rings. The average Bonchev–Trinajstić information content (AvgIpc) is 2.89. The molecule has 3 aromatic carbocycles. The van der Waals surface area contributed by atoms with Gasteiger partial charge in [-0.1, -0.05) is 0 Å².